The Kier molecular flexibility index (Phi) is 5.98. The lowest BCUT2D eigenvalue weighted by molar-refractivity contribution is -0.142. The zero-order valence-electron chi connectivity index (χ0n) is 15.1. The standard InChI is InChI=1S/C16H22N4O5S/c1-10-7-13(11(2)18-10)14(21)9-25-16(22)5-6-17-26(23,24)15-8-20(4)12(3)19-15/h7-8,17-18H,5-6,9H2,1-4H3. The van der Waals surface area contributed by atoms with Crippen LogP contribution in [0.5, 0.6) is 0 Å². The van der Waals surface area contributed by atoms with E-state index in [1.807, 2.05) is 6.92 Å². The molecule has 0 radical (unpaired) electrons. The highest BCUT2D eigenvalue weighted by atomic mass is 32.2. The highest BCUT2D eigenvalue weighted by Gasteiger charge is 2.19. The number of rotatable bonds is 8. The summed E-state index contributed by atoms with van der Waals surface area (Å²) in [6.45, 7) is 4.73. The van der Waals surface area contributed by atoms with Gasteiger partial charge in [-0.05, 0) is 26.8 Å². The van der Waals surface area contributed by atoms with Gasteiger partial charge in [0.1, 0.15) is 5.82 Å². The summed E-state index contributed by atoms with van der Waals surface area (Å²) in [4.78, 5) is 30.7. The number of hydrogen-bond donors (Lipinski definition) is 2. The van der Waals surface area contributed by atoms with Crippen LogP contribution in [0.15, 0.2) is 17.3 Å². The van der Waals surface area contributed by atoms with Crippen LogP contribution >= 0.6 is 0 Å². The smallest absolute Gasteiger partial charge is 0.307 e. The largest absolute Gasteiger partial charge is 0.457 e. The number of aromatic nitrogens is 3. The minimum Gasteiger partial charge on any atom is -0.457 e. The number of nitrogens with zero attached hydrogens (tertiary/aromatic N) is 2. The van der Waals surface area contributed by atoms with Crippen molar-refractivity contribution >= 4 is 21.8 Å². The van der Waals surface area contributed by atoms with Gasteiger partial charge in [-0.3, -0.25) is 9.59 Å². The molecule has 0 spiro atoms. The fourth-order valence-corrected chi connectivity index (χ4v) is 3.39. The molecule has 26 heavy (non-hydrogen) atoms. The third kappa shape index (κ3) is 4.79. The fraction of sp³-hybridized carbons (Fsp3) is 0.438. The van der Waals surface area contributed by atoms with Gasteiger partial charge in [-0.2, -0.15) is 0 Å². The number of hydrogen-bond acceptors (Lipinski definition) is 6. The highest BCUT2D eigenvalue weighted by Crippen LogP contribution is 2.10. The Morgan fingerprint density at radius 1 is 1.31 bits per heavy atom. The number of carbonyl (C=O) groups is 2. The van der Waals surface area contributed by atoms with Gasteiger partial charge in [0.2, 0.25) is 5.78 Å². The molecule has 2 heterocycles. The zero-order valence-corrected chi connectivity index (χ0v) is 15.9. The number of ketones is 1. The first kappa shape index (κ1) is 19.9. The summed E-state index contributed by atoms with van der Waals surface area (Å²) in [7, 11) is -2.11. The average Bonchev–Trinajstić information content (AvgIpc) is 3.07. The molecule has 0 aliphatic rings. The van der Waals surface area contributed by atoms with Crippen LogP contribution in [0.2, 0.25) is 0 Å². The molecule has 2 N–H and O–H groups in total. The molecule has 0 unspecified atom stereocenters. The molecule has 0 fully saturated rings. The van der Waals surface area contributed by atoms with Crippen molar-refractivity contribution < 1.29 is 22.7 Å². The Labute approximate surface area is 151 Å². The van der Waals surface area contributed by atoms with Crippen molar-refractivity contribution in [2.45, 2.75) is 32.2 Å². The number of esters is 1. The Morgan fingerprint density at radius 3 is 2.54 bits per heavy atom. The maximum absolute atomic E-state index is 12.1. The lowest BCUT2D eigenvalue weighted by Gasteiger charge is -2.05. The molecule has 0 atom stereocenters. The highest BCUT2D eigenvalue weighted by molar-refractivity contribution is 7.89. The SMILES string of the molecule is Cc1cc(C(=O)COC(=O)CCNS(=O)(=O)c2cn(C)c(C)n2)c(C)[nH]1. The molecule has 142 valence electrons. The minimum atomic E-state index is -3.80. The Morgan fingerprint density at radius 2 is 2.00 bits per heavy atom. The maximum Gasteiger partial charge on any atom is 0.307 e. The Balaban J connectivity index is 1.80. The first-order valence-electron chi connectivity index (χ1n) is 7.95. The van der Waals surface area contributed by atoms with Gasteiger partial charge in [0, 0.05) is 36.7 Å². The van der Waals surface area contributed by atoms with Crippen LogP contribution in [0.4, 0.5) is 0 Å². The topological polar surface area (TPSA) is 123 Å². The molecule has 2 aromatic heterocycles. The monoisotopic (exact) mass is 382 g/mol. The van der Waals surface area contributed by atoms with Crippen molar-refractivity contribution in [2.75, 3.05) is 13.2 Å². The molecule has 0 saturated carbocycles. The van der Waals surface area contributed by atoms with Crippen LogP contribution in [0.1, 0.15) is 34.0 Å². The quantitative estimate of drug-likeness (QED) is 0.513. The number of carbonyl (C=O) groups excluding carboxylic acids is 2. The van der Waals surface area contributed by atoms with E-state index in [1.54, 1.807) is 31.5 Å². The molecule has 10 heteroatoms. The van der Waals surface area contributed by atoms with E-state index in [1.165, 1.54) is 6.20 Å². The van der Waals surface area contributed by atoms with Gasteiger partial charge in [-0.1, -0.05) is 0 Å². The summed E-state index contributed by atoms with van der Waals surface area (Å²) in [5.74, 6) is -0.425. The van der Waals surface area contributed by atoms with E-state index in [4.69, 9.17) is 4.74 Å². The predicted molar refractivity (Wildman–Crippen MR) is 93.3 cm³/mol. The van der Waals surface area contributed by atoms with E-state index in [-0.39, 0.29) is 30.4 Å². The van der Waals surface area contributed by atoms with E-state index in [2.05, 4.69) is 14.7 Å². The summed E-state index contributed by atoms with van der Waals surface area (Å²) in [6.07, 6.45) is 1.19. The second-order valence-electron chi connectivity index (χ2n) is 5.96. The van der Waals surface area contributed by atoms with Gasteiger partial charge in [0.05, 0.1) is 6.42 Å². The van der Waals surface area contributed by atoms with Crippen molar-refractivity contribution in [3.63, 3.8) is 0 Å². The van der Waals surface area contributed by atoms with E-state index < -0.39 is 16.0 Å². The van der Waals surface area contributed by atoms with Crippen molar-refractivity contribution in [3.05, 3.63) is 35.0 Å². The number of aromatic amines is 1. The molecular weight excluding hydrogens is 360 g/mol. The number of nitrogens with one attached hydrogen (secondary N) is 2. The van der Waals surface area contributed by atoms with Crippen LogP contribution in [0.25, 0.3) is 0 Å². The summed E-state index contributed by atoms with van der Waals surface area (Å²) in [6, 6.07) is 1.69. The van der Waals surface area contributed by atoms with Crippen LogP contribution in [-0.2, 0) is 26.6 Å². The fourth-order valence-electron chi connectivity index (χ4n) is 2.33. The molecule has 2 aromatic rings. The zero-order chi connectivity index (χ0) is 19.5. The van der Waals surface area contributed by atoms with Crippen LogP contribution in [0.3, 0.4) is 0 Å². The normalized spacial score (nSPS) is 11.5. The van der Waals surface area contributed by atoms with Crippen molar-refractivity contribution in [1.82, 2.24) is 19.3 Å². The average molecular weight is 382 g/mol. The third-order valence-corrected chi connectivity index (χ3v) is 5.13. The molecule has 0 aliphatic heterocycles. The molecule has 0 aliphatic carbocycles. The van der Waals surface area contributed by atoms with Gasteiger partial charge >= 0.3 is 5.97 Å². The van der Waals surface area contributed by atoms with Gasteiger partial charge in [0.25, 0.3) is 10.0 Å². The lowest BCUT2D eigenvalue weighted by Crippen LogP contribution is -2.27. The molecule has 2 rings (SSSR count). The Hall–Kier alpha value is -2.46. The second-order valence-corrected chi connectivity index (χ2v) is 7.67. The summed E-state index contributed by atoms with van der Waals surface area (Å²) < 4.78 is 32.9. The number of ether oxygens (including phenoxy) is 1. The molecule has 0 amide bonds. The van der Waals surface area contributed by atoms with Crippen LogP contribution in [-0.4, -0.2) is 47.9 Å². The molecule has 0 saturated heterocycles. The summed E-state index contributed by atoms with van der Waals surface area (Å²) in [5, 5.41) is -0.112. The first-order valence-corrected chi connectivity index (χ1v) is 9.43. The second kappa shape index (κ2) is 7.83. The summed E-state index contributed by atoms with van der Waals surface area (Å²) in [5.41, 5.74) is 2.03. The number of sulfonamides is 1. The lowest BCUT2D eigenvalue weighted by atomic mass is 10.2. The minimum absolute atomic E-state index is 0.112. The van der Waals surface area contributed by atoms with E-state index in [9.17, 15) is 18.0 Å². The summed E-state index contributed by atoms with van der Waals surface area (Å²) >= 11 is 0. The molecule has 0 bridgehead atoms. The molecule has 9 nitrogen and oxygen atoms in total. The third-order valence-electron chi connectivity index (χ3n) is 3.80. The van der Waals surface area contributed by atoms with E-state index in [0.29, 0.717) is 17.1 Å². The van der Waals surface area contributed by atoms with Crippen molar-refractivity contribution in [2.24, 2.45) is 7.05 Å². The van der Waals surface area contributed by atoms with Gasteiger partial charge in [-0.15, -0.1) is 0 Å². The van der Waals surface area contributed by atoms with E-state index in [0.717, 1.165) is 5.69 Å². The maximum atomic E-state index is 12.1. The van der Waals surface area contributed by atoms with Crippen molar-refractivity contribution in [3.8, 4) is 0 Å². The van der Waals surface area contributed by atoms with Crippen LogP contribution in [0, 0.1) is 20.8 Å². The number of H-pyrrole nitrogens is 1. The molecule has 0 aromatic carbocycles. The first-order chi connectivity index (χ1) is 12.1. The van der Waals surface area contributed by atoms with Gasteiger partial charge < -0.3 is 14.3 Å². The molecular formula is C16H22N4O5S. The van der Waals surface area contributed by atoms with Gasteiger partial charge in [-0.25, -0.2) is 18.1 Å². The Bertz CT molecular complexity index is 907. The van der Waals surface area contributed by atoms with E-state index >= 15 is 0 Å². The predicted octanol–water partition coefficient (Wildman–Crippen LogP) is 0.768. The number of aryl methyl sites for hydroxylation is 4. The van der Waals surface area contributed by atoms with Crippen LogP contribution < -0.4 is 4.72 Å². The number of imidazole rings is 1. The van der Waals surface area contributed by atoms with Gasteiger partial charge in [0.15, 0.2) is 11.6 Å². The number of Topliss-reactive ketones (excluding diaryl/α,β-unsaturated/α-hetero) is 1. The van der Waals surface area contributed by atoms with Crippen molar-refractivity contribution in [1.29, 1.82) is 0 Å².